The molecule has 2 fully saturated rings. The normalized spacial score (nSPS) is 27.1. The molecule has 0 N–H and O–H groups in total. The van der Waals surface area contributed by atoms with Crippen LogP contribution in [-0.4, -0.2) is 82.0 Å². The van der Waals surface area contributed by atoms with Gasteiger partial charge in [0.2, 0.25) is 0 Å². The Morgan fingerprint density at radius 3 is 1.58 bits per heavy atom. The summed E-state index contributed by atoms with van der Waals surface area (Å²) in [5, 5.41) is 0. The zero-order valence-electron chi connectivity index (χ0n) is 28.0. The van der Waals surface area contributed by atoms with E-state index < -0.39 is 68.2 Å². The van der Waals surface area contributed by atoms with Gasteiger partial charge in [-0.2, -0.15) is 0 Å². The number of rotatable bonds is 16. The minimum Gasteiger partial charge on any atom is -0.368 e. The lowest BCUT2D eigenvalue weighted by molar-refractivity contribution is -0.332. The van der Waals surface area contributed by atoms with Gasteiger partial charge in [0.05, 0.1) is 19.8 Å². The minimum absolute atomic E-state index is 0.206. The average molecular weight is 685 g/mol. The van der Waals surface area contributed by atoms with Gasteiger partial charge in [-0.1, -0.05) is 91.0 Å². The quantitative estimate of drug-likeness (QED) is 0.173. The Morgan fingerprint density at radius 2 is 1.12 bits per heavy atom. The number of carbonyl (C=O) groups excluding carboxylic acids is 1. The molecule has 0 aliphatic carbocycles. The van der Waals surface area contributed by atoms with E-state index in [-0.39, 0.29) is 19.8 Å². The van der Waals surface area contributed by atoms with Crippen LogP contribution in [0.25, 0.3) is 0 Å². The molecule has 0 aromatic heterocycles. The van der Waals surface area contributed by atoms with Gasteiger partial charge >= 0.3 is 7.60 Å². The number of benzene rings is 3. The van der Waals surface area contributed by atoms with Crippen molar-refractivity contribution >= 4 is 13.4 Å². The summed E-state index contributed by atoms with van der Waals surface area (Å²) in [7, 11) is 0.269. The fourth-order valence-electron chi connectivity index (χ4n) is 5.91. The van der Waals surface area contributed by atoms with Crippen molar-refractivity contribution in [2.75, 3.05) is 27.5 Å². The Hall–Kier alpha value is -2.80. The Kier molecular flexibility index (Phi) is 12.7. The fourth-order valence-corrected chi connectivity index (χ4v) is 6.88. The predicted molar refractivity (Wildman–Crippen MR) is 176 cm³/mol. The maximum Gasteiger partial charge on any atom is 0.337 e. The van der Waals surface area contributed by atoms with E-state index in [1.807, 2.05) is 91.0 Å². The van der Waals surface area contributed by atoms with E-state index in [1.54, 1.807) is 13.8 Å². The summed E-state index contributed by atoms with van der Waals surface area (Å²) in [6.45, 7) is 4.11. The van der Waals surface area contributed by atoms with Gasteiger partial charge in [0.15, 0.2) is 17.9 Å². The van der Waals surface area contributed by atoms with Crippen molar-refractivity contribution in [3.8, 4) is 0 Å². The zero-order chi connectivity index (χ0) is 34.1. The molecule has 2 aliphatic heterocycles. The molecule has 0 unspecified atom stereocenters. The molecule has 0 amide bonds. The summed E-state index contributed by atoms with van der Waals surface area (Å²) in [6, 6.07) is 29.2. The van der Waals surface area contributed by atoms with Crippen molar-refractivity contribution in [3.63, 3.8) is 0 Å². The highest BCUT2D eigenvalue weighted by molar-refractivity contribution is 7.54. The number of ether oxygens (including phenoxy) is 7. The molecule has 0 saturated carbocycles. The molecule has 48 heavy (non-hydrogen) atoms. The van der Waals surface area contributed by atoms with Crippen LogP contribution in [0.15, 0.2) is 91.0 Å². The van der Waals surface area contributed by atoms with Crippen LogP contribution >= 0.6 is 7.60 Å². The van der Waals surface area contributed by atoms with Gasteiger partial charge < -0.3 is 42.2 Å². The molecule has 260 valence electrons. The van der Waals surface area contributed by atoms with E-state index in [2.05, 4.69) is 0 Å². The van der Waals surface area contributed by atoms with Crippen LogP contribution in [0.2, 0.25) is 0 Å². The highest BCUT2D eigenvalue weighted by atomic mass is 31.2. The van der Waals surface area contributed by atoms with Gasteiger partial charge in [0, 0.05) is 21.3 Å². The molecule has 12 heteroatoms. The van der Waals surface area contributed by atoms with E-state index in [9.17, 15) is 9.36 Å². The van der Waals surface area contributed by atoms with Crippen molar-refractivity contribution in [2.45, 2.75) is 82.4 Å². The molecule has 3 aromatic carbocycles. The smallest absolute Gasteiger partial charge is 0.337 e. The third kappa shape index (κ3) is 9.25. The first-order valence-electron chi connectivity index (χ1n) is 15.9. The second-order valence-corrected chi connectivity index (χ2v) is 14.4. The van der Waals surface area contributed by atoms with Crippen molar-refractivity contribution in [2.24, 2.45) is 0 Å². The molecule has 2 heterocycles. The number of ketones is 1. The number of methoxy groups -OCH3 is 1. The lowest BCUT2D eigenvalue weighted by Crippen LogP contribution is -2.65. The molecule has 2 saturated heterocycles. The summed E-state index contributed by atoms with van der Waals surface area (Å²) in [6.07, 6.45) is -6.95. The third-order valence-corrected chi connectivity index (χ3v) is 10.1. The Balaban J connectivity index is 1.52. The fraction of sp³-hybridized carbons (Fsp3) is 0.472. The number of Topliss-reactive ketones (excluding diaryl/α,β-unsaturated/α-hetero) is 1. The molecular formula is C36H45O11P. The monoisotopic (exact) mass is 684 g/mol. The van der Waals surface area contributed by atoms with Crippen molar-refractivity contribution in [1.82, 2.24) is 0 Å². The highest BCUT2D eigenvalue weighted by Crippen LogP contribution is 2.48. The van der Waals surface area contributed by atoms with Gasteiger partial charge in [0.1, 0.15) is 42.8 Å². The van der Waals surface area contributed by atoms with Crippen LogP contribution in [0.1, 0.15) is 30.5 Å². The van der Waals surface area contributed by atoms with Gasteiger partial charge in [-0.15, -0.1) is 0 Å². The first-order chi connectivity index (χ1) is 23.1. The predicted octanol–water partition coefficient (Wildman–Crippen LogP) is 5.69. The molecule has 2 aliphatic rings. The molecular weight excluding hydrogens is 639 g/mol. The number of carbonyl (C=O) groups is 1. The molecule has 3 aromatic rings. The van der Waals surface area contributed by atoms with Crippen LogP contribution in [0.5, 0.6) is 0 Å². The van der Waals surface area contributed by atoms with Crippen LogP contribution in [0.4, 0.5) is 0 Å². The van der Waals surface area contributed by atoms with E-state index in [4.69, 9.17) is 42.2 Å². The van der Waals surface area contributed by atoms with Gasteiger partial charge in [-0.25, -0.2) is 0 Å². The van der Waals surface area contributed by atoms with Gasteiger partial charge in [-0.05, 0) is 30.5 Å². The number of hydrogen-bond acceptors (Lipinski definition) is 11. The van der Waals surface area contributed by atoms with Crippen molar-refractivity contribution in [1.29, 1.82) is 0 Å². The standard InChI is InChI=1S/C36H45O11P/c1-36(2)46-29(28(37)24-48(38,40-4)41-5)33(47-36)32-30(42-21-25-15-9-6-10-16-25)31(43-22-26-17-11-7-12-18-26)34(35(39-3)45-32)44-23-27-19-13-8-14-20-27/h6-20,29-35H,21-24H2,1-5H3/t29-,30-,31-,32-,33+,34+,35-/m0/s1. The van der Waals surface area contributed by atoms with E-state index >= 15 is 0 Å². The Morgan fingerprint density at radius 1 is 0.667 bits per heavy atom. The lowest BCUT2D eigenvalue weighted by atomic mass is 9.91. The Labute approximate surface area is 282 Å². The largest absolute Gasteiger partial charge is 0.368 e. The SMILES string of the molecule is CO[C@H]1O[C@H]([C@@H]2OC(C)(C)O[C@H]2C(=O)CP(=O)(OC)OC)[C@@H](OCc2ccccc2)[C@H](OCc2ccccc2)[C@H]1OCc1ccccc1. The molecule has 0 spiro atoms. The molecule has 0 radical (unpaired) electrons. The molecule has 11 nitrogen and oxygen atoms in total. The van der Waals surface area contributed by atoms with Crippen molar-refractivity contribution in [3.05, 3.63) is 108 Å². The number of hydrogen-bond donors (Lipinski definition) is 0. The van der Waals surface area contributed by atoms with Crippen LogP contribution in [0.3, 0.4) is 0 Å². The first-order valence-corrected chi connectivity index (χ1v) is 17.6. The first kappa shape index (κ1) is 36.5. The van der Waals surface area contributed by atoms with Crippen LogP contribution < -0.4 is 0 Å². The maximum absolute atomic E-state index is 13.8. The Bertz CT molecular complexity index is 1470. The van der Waals surface area contributed by atoms with E-state index in [1.165, 1.54) is 21.3 Å². The third-order valence-electron chi connectivity index (χ3n) is 8.30. The zero-order valence-corrected chi connectivity index (χ0v) is 28.9. The molecule has 5 rings (SSSR count). The highest BCUT2D eigenvalue weighted by Gasteiger charge is 2.58. The van der Waals surface area contributed by atoms with Crippen LogP contribution in [0, 0.1) is 0 Å². The summed E-state index contributed by atoms with van der Waals surface area (Å²) < 4.78 is 68.0. The second kappa shape index (κ2) is 16.7. The lowest BCUT2D eigenvalue weighted by Gasteiger charge is -2.47. The minimum atomic E-state index is -3.72. The average Bonchev–Trinajstić information content (AvgIpc) is 3.45. The van der Waals surface area contributed by atoms with E-state index in [0.29, 0.717) is 0 Å². The topological polar surface area (TPSA) is 117 Å². The summed E-state index contributed by atoms with van der Waals surface area (Å²) in [4.78, 5) is 13.8. The summed E-state index contributed by atoms with van der Waals surface area (Å²) >= 11 is 0. The van der Waals surface area contributed by atoms with Crippen molar-refractivity contribution < 1.29 is 51.6 Å². The van der Waals surface area contributed by atoms with Gasteiger partial charge in [0.25, 0.3) is 0 Å². The second-order valence-electron chi connectivity index (χ2n) is 12.1. The van der Waals surface area contributed by atoms with Gasteiger partial charge in [-0.3, -0.25) is 9.36 Å². The summed E-state index contributed by atoms with van der Waals surface area (Å²) in [5.41, 5.74) is 2.83. The van der Waals surface area contributed by atoms with Crippen LogP contribution in [-0.2, 0) is 71.4 Å². The molecule has 7 atom stereocenters. The summed E-state index contributed by atoms with van der Waals surface area (Å²) in [5.74, 6) is -1.72. The molecule has 0 bridgehead atoms. The van der Waals surface area contributed by atoms with E-state index in [0.717, 1.165) is 16.7 Å². The maximum atomic E-state index is 13.8.